The van der Waals surface area contributed by atoms with Crippen molar-refractivity contribution in [2.45, 2.75) is 19.4 Å². The number of carbonyl (C=O) groups is 1. The molecule has 1 aliphatic rings. The Morgan fingerprint density at radius 3 is 2.50 bits per heavy atom. The average molecular weight is 326 g/mol. The van der Waals surface area contributed by atoms with Crippen molar-refractivity contribution in [1.29, 1.82) is 0 Å². The zero-order valence-corrected chi connectivity index (χ0v) is 13.8. The summed E-state index contributed by atoms with van der Waals surface area (Å²) in [6.07, 6.45) is 1.64. The van der Waals surface area contributed by atoms with Crippen LogP contribution in [0.1, 0.15) is 24.1 Å². The summed E-state index contributed by atoms with van der Waals surface area (Å²) in [5.74, 6) is -0.842. The average Bonchev–Trinajstić information content (AvgIpc) is 2.62. The molecule has 2 aromatic rings. The number of benzene rings is 1. The number of hydrogen-bond acceptors (Lipinski definition) is 4. The number of carboxylic acid groups (broad SMARTS) is 1. The first-order valence-electron chi connectivity index (χ1n) is 8.22. The lowest BCUT2D eigenvalue weighted by Gasteiger charge is -2.32. The fourth-order valence-corrected chi connectivity index (χ4v) is 2.98. The molecule has 1 aliphatic heterocycles. The van der Waals surface area contributed by atoms with Crippen LogP contribution in [0, 0.1) is 0 Å². The Labute approximate surface area is 141 Å². The maximum absolute atomic E-state index is 10.7. The number of hydrogen-bond donors (Lipinski definition) is 1. The van der Waals surface area contributed by atoms with Crippen LogP contribution >= 0.6 is 0 Å². The van der Waals surface area contributed by atoms with Crippen LogP contribution in [0.2, 0.25) is 0 Å². The molecule has 5 heteroatoms. The molecule has 24 heavy (non-hydrogen) atoms. The van der Waals surface area contributed by atoms with Gasteiger partial charge in [0.1, 0.15) is 0 Å². The van der Waals surface area contributed by atoms with Crippen LogP contribution in [-0.4, -0.2) is 47.3 Å². The molecule has 0 amide bonds. The third kappa shape index (κ3) is 3.99. The Hall–Kier alpha value is -2.24. The van der Waals surface area contributed by atoms with Crippen molar-refractivity contribution in [2.75, 3.05) is 26.3 Å². The van der Waals surface area contributed by atoms with Gasteiger partial charge in [0.2, 0.25) is 0 Å². The molecule has 0 radical (unpaired) electrons. The van der Waals surface area contributed by atoms with Crippen molar-refractivity contribution in [3.05, 3.63) is 53.7 Å². The zero-order valence-electron chi connectivity index (χ0n) is 13.8. The highest BCUT2D eigenvalue weighted by Crippen LogP contribution is 2.24. The Bertz CT molecular complexity index is 677. The van der Waals surface area contributed by atoms with Crippen LogP contribution in [0.3, 0.4) is 0 Å². The first kappa shape index (κ1) is 16.6. The normalized spacial score (nSPS) is 16.7. The molecule has 0 spiro atoms. The second-order valence-corrected chi connectivity index (χ2v) is 6.07. The molecule has 126 valence electrons. The van der Waals surface area contributed by atoms with E-state index < -0.39 is 5.97 Å². The molecule has 3 rings (SSSR count). The molecule has 1 aromatic carbocycles. The summed E-state index contributed by atoms with van der Waals surface area (Å²) in [6, 6.07) is 12.5. The fourth-order valence-electron chi connectivity index (χ4n) is 2.98. The van der Waals surface area contributed by atoms with Crippen molar-refractivity contribution in [3.63, 3.8) is 0 Å². The van der Waals surface area contributed by atoms with Gasteiger partial charge in [-0.05, 0) is 24.1 Å². The lowest BCUT2D eigenvalue weighted by atomic mass is 10.0. The zero-order chi connectivity index (χ0) is 16.9. The van der Waals surface area contributed by atoms with E-state index in [0.29, 0.717) is 11.6 Å². The van der Waals surface area contributed by atoms with Crippen molar-refractivity contribution in [3.8, 4) is 11.3 Å². The maximum atomic E-state index is 10.7. The van der Waals surface area contributed by atoms with Gasteiger partial charge in [0.25, 0.3) is 0 Å². The van der Waals surface area contributed by atoms with E-state index >= 15 is 0 Å². The van der Waals surface area contributed by atoms with Crippen LogP contribution in [0.4, 0.5) is 0 Å². The summed E-state index contributed by atoms with van der Waals surface area (Å²) in [5, 5.41) is 8.80. The van der Waals surface area contributed by atoms with Crippen LogP contribution < -0.4 is 0 Å². The van der Waals surface area contributed by atoms with Gasteiger partial charge in [0.15, 0.2) is 0 Å². The van der Waals surface area contributed by atoms with E-state index in [1.165, 1.54) is 5.56 Å². The van der Waals surface area contributed by atoms with E-state index in [1.807, 2.05) is 12.1 Å². The van der Waals surface area contributed by atoms with Crippen molar-refractivity contribution < 1.29 is 14.6 Å². The Balaban J connectivity index is 1.70. The summed E-state index contributed by atoms with van der Waals surface area (Å²) < 4.78 is 5.41. The van der Waals surface area contributed by atoms with Gasteiger partial charge in [-0.3, -0.25) is 14.7 Å². The highest BCUT2D eigenvalue weighted by Gasteiger charge is 2.18. The number of aromatic nitrogens is 1. The molecule has 0 bridgehead atoms. The van der Waals surface area contributed by atoms with Crippen molar-refractivity contribution >= 4 is 5.97 Å². The van der Waals surface area contributed by atoms with Gasteiger partial charge in [-0.2, -0.15) is 0 Å². The molecule has 5 nitrogen and oxygen atoms in total. The molecular weight excluding hydrogens is 304 g/mol. The Kier molecular flexibility index (Phi) is 5.23. The molecule has 0 saturated carbocycles. The number of pyridine rings is 1. The summed E-state index contributed by atoms with van der Waals surface area (Å²) in [4.78, 5) is 17.5. The molecule has 1 N–H and O–H groups in total. The predicted octanol–water partition coefficient (Wildman–Crippen LogP) is 2.77. The van der Waals surface area contributed by atoms with Gasteiger partial charge in [-0.15, -0.1) is 0 Å². The molecular formula is C19H22N2O3. The molecule has 1 aromatic heterocycles. The van der Waals surface area contributed by atoms with E-state index in [2.05, 4.69) is 41.1 Å². The number of aliphatic carboxylic acids is 1. The fraction of sp³-hybridized carbons (Fsp3) is 0.368. The first-order chi connectivity index (χ1) is 11.6. The third-order valence-electron chi connectivity index (χ3n) is 4.46. The van der Waals surface area contributed by atoms with E-state index in [-0.39, 0.29) is 6.42 Å². The van der Waals surface area contributed by atoms with Gasteiger partial charge >= 0.3 is 5.97 Å². The topological polar surface area (TPSA) is 62.7 Å². The lowest BCUT2D eigenvalue weighted by Crippen LogP contribution is -2.37. The molecule has 1 atom stereocenters. The molecule has 1 saturated heterocycles. The summed E-state index contributed by atoms with van der Waals surface area (Å²) in [5.41, 5.74) is 3.89. The van der Waals surface area contributed by atoms with Crippen LogP contribution in [0.25, 0.3) is 11.3 Å². The van der Waals surface area contributed by atoms with Crippen LogP contribution in [0.15, 0.2) is 42.6 Å². The van der Waals surface area contributed by atoms with E-state index in [1.54, 1.807) is 6.20 Å². The third-order valence-corrected chi connectivity index (χ3v) is 4.46. The predicted molar refractivity (Wildman–Crippen MR) is 91.8 cm³/mol. The Morgan fingerprint density at radius 1 is 1.21 bits per heavy atom. The molecule has 0 unspecified atom stereocenters. The minimum atomic E-state index is -0.842. The van der Waals surface area contributed by atoms with E-state index in [4.69, 9.17) is 9.84 Å². The van der Waals surface area contributed by atoms with Gasteiger partial charge in [0.05, 0.1) is 25.3 Å². The van der Waals surface area contributed by atoms with E-state index in [0.717, 1.165) is 37.6 Å². The number of rotatable bonds is 5. The van der Waals surface area contributed by atoms with Gasteiger partial charge in [-0.1, -0.05) is 30.3 Å². The van der Waals surface area contributed by atoms with Gasteiger partial charge in [0, 0.05) is 30.9 Å². The van der Waals surface area contributed by atoms with Crippen molar-refractivity contribution in [2.24, 2.45) is 0 Å². The number of ether oxygens (including phenoxy) is 1. The monoisotopic (exact) mass is 326 g/mol. The lowest BCUT2D eigenvalue weighted by molar-refractivity contribution is -0.136. The molecule has 1 fully saturated rings. The number of nitrogens with zero attached hydrogens (tertiary/aromatic N) is 2. The number of morpholine rings is 1. The van der Waals surface area contributed by atoms with Gasteiger partial charge < -0.3 is 9.84 Å². The van der Waals surface area contributed by atoms with E-state index in [9.17, 15) is 4.79 Å². The first-order valence-corrected chi connectivity index (χ1v) is 8.22. The largest absolute Gasteiger partial charge is 0.481 e. The van der Waals surface area contributed by atoms with Crippen LogP contribution in [-0.2, 0) is 16.0 Å². The Morgan fingerprint density at radius 2 is 1.92 bits per heavy atom. The SMILES string of the molecule is C[C@@H](c1ccc(-c2ccc(CC(=O)O)cn2)cc1)N1CCOCC1. The molecule has 0 aliphatic carbocycles. The van der Waals surface area contributed by atoms with Crippen LogP contribution in [0.5, 0.6) is 0 Å². The smallest absolute Gasteiger partial charge is 0.307 e. The van der Waals surface area contributed by atoms with Crippen molar-refractivity contribution in [1.82, 2.24) is 9.88 Å². The summed E-state index contributed by atoms with van der Waals surface area (Å²) in [6.45, 7) is 5.76. The second kappa shape index (κ2) is 7.55. The number of carboxylic acids is 1. The molecule has 2 heterocycles. The summed E-state index contributed by atoms with van der Waals surface area (Å²) in [7, 11) is 0. The standard InChI is InChI=1S/C19H22N2O3/c1-14(21-8-10-24-11-9-21)16-3-5-17(6-4-16)18-7-2-15(13-20-18)12-19(22)23/h2-7,13-14H,8-12H2,1H3,(H,22,23)/t14-/m0/s1. The quantitative estimate of drug-likeness (QED) is 0.915. The minimum Gasteiger partial charge on any atom is -0.481 e. The van der Waals surface area contributed by atoms with Gasteiger partial charge in [-0.25, -0.2) is 0 Å². The minimum absolute atomic E-state index is 0.00326. The maximum Gasteiger partial charge on any atom is 0.307 e. The summed E-state index contributed by atoms with van der Waals surface area (Å²) >= 11 is 0. The highest BCUT2D eigenvalue weighted by molar-refractivity contribution is 5.70. The highest BCUT2D eigenvalue weighted by atomic mass is 16.5. The second-order valence-electron chi connectivity index (χ2n) is 6.07.